The second-order valence-electron chi connectivity index (χ2n) is 5.28. The third-order valence-corrected chi connectivity index (χ3v) is 3.15. The van der Waals surface area contributed by atoms with Crippen LogP contribution < -0.4 is 5.32 Å². The van der Waals surface area contributed by atoms with Gasteiger partial charge in [0.2, 0.25) is 0 Å². The SMILES string of the molecule is CCOCC(NCc1cncn1C(C)C)C(C)C. The summed E-state index contributed by atoms with van der Waals surface area (Å²) in [6.45, 7) is 13.2. The van der Waals surface area contributed by atoms with Crippen LogP contribution in [0.5, 0.6) is 0 Å². The first kappa shape index (κ1) is 15.2. The number of ether oxygens (including phenoxy) is 1. The van der Waals surface area contributed by atoms with Crippen LogP contribution in [0.4, 0.5) is 0 Å². The summed E-state index contributed by atoms with van der Waals surface area (Å²) >= 11 is 0. The maximum Gasteiger partial charge on any atom is 0.0951 e. The normalized spacial score (nSPS) is 13.5. The van der Waals surface area contributed by atoms with Crippen molar-refractivity contribution in [2.24, 2.45) is 5.92 Å². The van der Waals surface area contributed by atoms with Crippen LogP contribution in [-0.4, -0.2) is 28.8 Å². The zero-order valence-electron chi connectivity index (χ0n) is 12.3. The maximum absolute atomic E-state index is 5.52. The minimum Gasteiger partial charge on any atom is -0.380 e. The third-order valence-electron chi connectivity index (χ3n) is 3.15. The first-order valence-corrected chi connectivity index (χ1v) is 6.88. The monoisotopic (exact) mass is 253 g/mol. The van der Waals surface area contributed by atoms with Crippen molar-refractivity contribution < 1.29 is 4.74 Å². The van der Waals surface area contributed by atoms with Crippen molar-refractivity contribution in [3.63, 3.8) is 0 Å². The van der Waals surface area contributed by atoms with Gasteiger partial charge in [0.05, 0.1) is 18.6 Å². The highest BCUT2D eigenvalue weighted by molar-refractivity contribution is 4.99. The van der Waals surface area contributed by atoms with E-state index in [0.29, 0.717) is 18.0 Å². The van der Waals surface area contributed by atoms with Crippen LogP contribution >= 0.6 is 0 Å². The Morgan fingerprint density at radius 3 is 2.61 bits per heavy atom. The number of hydrogen-bond acceptors (Lipinski definition) is 3. The van der Waals surface area contributed by atoms with Crippen molar-refractivity contribution >= 4 is 0 Å². The van der Waals surface area contributed by atoms with E-state index in [2.05, 4.69) is 42.6 Å². The van der Waals surface area contributed by atoms with Crippen LogP contribution in [0.3, 0.4) is 0 Å². The average molecular weight is 253 g/mol. The Morgan fingerprint density at radius 2 is 2.06 bits per heavy atom. The summed E-state index contributed by atoms with van der Waals surface area (Å²) in [6, 6.07) is 0.842. The molecular weight excluding hydrogens is 226 g/mol. The number of rotatable bonds is 8. The molecule has 1 heterocycles. The first-order valence-electron chi connectivity index (χ1n) is 6.88. The second-order valence-corrected chi connectivity index (χ2v) is 5.28. The topological polar surface area (TPSA) is 39.1 Å². The summed E-state index contributed by atoms with van der Waals surface area (Å²) in [6.07, 6.45) is 3.83. The van der Waals surface area contributed by atoms with Gasteiger partial charge in [0, 0.05) is 31.4 Å². The van der Waals surface area contributed by atoms with Crippen LogP contribution in [0.15, 0.2) is 12.5 Å². The molecule has 104 valence electrons. The smallest absolute Gasteiger partial charge is 0.0951 e. The van der Waals surface area contributed by atoms with E-state index in [0.717, 1.165) is 19.8 Å². The molecule has 0 aliphatic carbocycles. The molecule has 0 aliphatic rings. The van der Waals surface area contributed by atoms with Gasteiger partial charge in [0.25, 0.3) is 0 Å². The molecule has 0 amide bonds. The van der Waals surface area contributed by atoms with Crippen molar-refractivity contribution in [1.29, 1.82) is 0 Å². The highest BCUT2D eigenvalue weighted by atomic mass is 16.5. The van der Waals surface area contributed by atoms with E-state index in [1.807, 2.05) is 19.4 Å². The van der Waals surface area contributed by atoms with E-state index < -0.39 is 0 Å². The highest BCUT2D eigenvalue weighted by Crippen LogP contribution is 2.10. The van der Waals surface area contributed by atoms with Crippen LogP contribution in [0, 0.1) is 5.92 Å². The van der Waals surface area contributed by atoms with Gasteiger partial charge in [-0.05, 0) is 26.7 Å². The number of nitrogens with zero attached hydrogens (tertiary/aromatic N) is 2. The van der Waals surface area contributed by atoms with Gasteiger partial charge in [0.1, 0.15) is 0 Å². The van der Waals surface area contributed by atoms with Gasteiger partial charge in [-0.3, -0.25) is 0 Å². The molecule has 0 saturated heterocycles. The molecule has 0 fully saturated rings. The molecule has 1 rings (SSSR count). The van der Waals surface area contributed by atoms with E-state index in [-0.39, 0.29) is 0 Å². The lowest BCUT2D eigenvalue weighted by Gasteiger charge is -2.23. The zero-order valence-corrected chi connectivity index (χ0v) is 12.3. The predicted octanol–water partition coefficient (Wildman–Crippen LogP) is 2.61. The van der Waals surface area contributed by atoms with Crippen molar-refractivity contribution in [2.75, 3.05) is 13.2 Å². The predicted molar refractivity (Wildman–Crippen MR) is 74.6 cm³/mol. The molecule has 0 radical (unpaired) electrons. The van der Waals surface area contributed by atoms with Gasteiger partial charge in [-0.2, -0.15) is 0 Å². The average Bonchev–Trinajstić information content (AvgIpc) is 2.77. The van der Waals surface area contributed by atoms with E-state index >= 15 is 0 Å². The van der Waals surface area contributed by atoms with E-state index in [1.54, 1.807) is 0 Å². The minimum absolute atomic E-state index is 0.389. The Kier molecular flexibility index (Phi) is 6.36. The third kappa shape index (κ3) is 4.42. The lowest BCUT2D eigenvalue weighted by atomic mass is 10.1. The molecule has 1 unspecified atom stereocenters. The van der Waals surface area contributed by atoms with Crippen LogP contribution in [0.2, 0.25) is 0 Å². The number of aromatic nitrogens is 2. The van der Waals surface area contributed by atoms with Crippen LogP contribution in [-0.2, 0) is 11.3 Å². The Bertz CT molecular complexity index is 334. The van der Waals surface area contributed by atoms with Crippen LogP contribution in [0.1, 0.15) is 46.4 Å². The van der Waals surface area contributed by atoms with Gasteiger partial charge in [0.15, 0.2) is 0 Å². The number of nitrogens with one attached hydrogen (secondary N) is 1. The van der Waals surface area contributed by atoms with Crippen molar-refractivity contribution in [2.45, 2.75) is 53.2 Å². The van der Waals surface area contributed by atoms with Gasteiger partial charge < -0.3 is 14.6 Å². The van der Waals surface area contributed by atoms with E-state index in [9.17, 15) is 0 Å². The van der Waals surface area contributed by atoms with Crippen LogP contribution in [0.25, 0.3) is 0 Å². The summed E-state index contributed by atoms with van der Waals surface area (Å²) in [5.41, 5.74) is 1.23. The molecule has 1 aromatic heterocycles. The lowest BCUT2D eigenvalue weighted by Crippen LogP contribution is -2.38. The Balaban J connectivity index is 2.53. The standard InChI is InChI=1S/C14H27N3O/c1-6-18-9-14(11(2)3)16-8-13-7-15-10-17(13)12(4)5/h7,10-12,14,16H,6,8-9H2,1-5H3. The molecule has 4 heteroatoms. The summed E-state index contributed by atoms with van der Waals surface area (Å²) < 4.78 is 7.72. The fourth-order valence-corrected chi connectivity index (χ4v) is 1.90. The van der Waals surface area contributed by atoms with Gasteiger partial charge in [-0.15, -0.1) is 0 Å². The van der Waals surface area contributed by atoms with Gasteiger partial charge in [-0.1, -0.05) is 13.8 Å². The molecule has 0 aliphatic heterocycles. The van der Waals surface area contributed by atoms with Gasteiger partial charge >= 0.3 is 0 Å². The summed E-state index contributed by atoms with van der Waals surface area (Å²) in [7, 11) is 0. The minimum atomic E-state index is 0.389. The first-order chi connectivity index (χ1) is 8.56. The molecule has 18 heavy (non-hydrogen) atoms. The number of imidazole rings is 1. The van der Waals surface area contributed by atoms with Crippen molar-refractivity contribution in [3.05, 3.63) is 18.2 Å². The fourth-order valence-electron chi connectivity index (χ4n) is 1.90. The molecule has 1 atom stereocenters. The molecule has 0 saturated carbocycles. The molecule has 0 aromatic carbocycles. The Labute approximate surface area is 111 Å². The van der Waals surface area contributed by atoms with Gasteiger partial charge in [-0.25, -0.2) is 4.98 Å². The molecule has 4 nitrogen and oxygen atoms in total. The molecule has 0 bridgehead atoms. The Hall–Kier alpha value is -0.870. The summed E-state index contributed by atoms with van der Waals surface area (Å²) in [5.74, 6) is 0.562. The fraction of sp³-hybridized carbons (Fsp3) is 0.786. The quantitative estimate of drug-likeness (QED) is 0.774. The molecule has 0 spiro atoms. The summed E-state index contributed by atoms with van der Waals surface area (Å²) in [4.78, 5) is 4.22. The molecular formula is C14H27N3O. The zero-order chi connectivity index (χ0) is 13.5. The highest BCUT2D eigenvalue weighted by Gasteiger charge is 2.14. The maximum atomic E-state index is 5.52. The summed E-state index contributed by atoms with van der Waals surface area (Å²) in [5, 5.41) is 3.57. The molecule has 1 aromatic rings. The second kappa shape index (κ2) is 7.54. The largest absolute Gasteiger partial charge is 0.380 e. The Morgan fingerprint density at radius 1 is 1.33 bits per heavy atom. The number of hydrogen-bond donors (Lipinski definition) is 1. The molecule has 1 N–H and O–H groups in total. The van der Waals surface area contributed by atoms with E-state index in [4.69, 9.17) is 4.74 Å². The van der Waals surface area contributed by atoms with E-state index in [1.165, 1.54) is 5.69 Å². The van der Waals surface area contributed by atoms with Crippen molar-refractivity contribution in [3.8, 4) is 0 Å². The van der Waals surface area contributed by atoms with Crippen molar-refractivity contribution in [1.82, 2.24) is 14.9 Å². The lowest BCUT2D eigenvalue weighted by molar-refractivity contribution is 0.107.